The van der Waals surface area contributed by atoms with Gasteiger partial charge < -0.3 is 9.47 Å². The number of fused-ring (bicyclic) bond motifs is 1. The van der Waals surface area contributed by atoms with Crippen LogP contribution in [0.3, 0.4) is 0 Å². The number of amides is 4. The van der Waals surface area contributed by atoms with Gasteiger partial charge in [0.1, 0.15) is 0 Å². The van der Waals surface area contributed by atoms with Gasteiger partial charge in [-0.2, -0.15) is 0 Å². The molecule has 0 radical (unpaired) electrons. The SMILES string of the molecule is COc1cc2c(cc1OC)[C@H](c1ccccc1)N(CN1C(=O)C(=O)N(C(C)C)C1=O)CC2. The molecule has 1 saturated heterocycles. The van der Waals surface area contributed by atoms with Crippen molar-refractivity contribution < 1.29 is 23.9 Å². The fourth-order valence-electron chi connectivity index (χ4n) is 4.46. The van der Waals surface area contributed by atoms with Gasteiger partial charge >= 0.3 is 17.8 Å². The Hall–Kier alpha value is -3.39. The van der Waals surface area contributed by atoms with Crippen molar-refractivity contribution in [1.82, 2.24) is 14.7 Å². The van der Waals surface area contributed by atoms with Crippen molar-refractivity contribution in [2.24, 2.45) is 0 Å². The van der Waals surface area contributed by atoms with E-state index in [1.165, 1.54) is 0 Å². The van der Waals surface area contributed by atoms with E-state index in [1.54, 1.807) is 28.1 Å². The Morgan fingerprint density at radius 2 is 1.62 bits per heavy atom. The third-order valence-corrected chi connectivity index (χ3v) is 6.01. The average molecular weight is 437 g/mol. The predicted molar refractivity (Wildman–Crippen MR) is 117 cm³/mol. The summed E-state index contributed by atoms with van der Waals surface area (Å²) in [5.41, 5.74) is 3.16. The zero-order valence-electron chi connectivity index (χ0n) is 18.7. The van der Waals surface area contributed by atoms with Gasteiger partial charge in [-0.15, -0.1) is 0 Å². The normalized spacial score (nSPS) is 19.0. The van der Waals surface area contributed by atoms with Gasteiger partial charge in [0.05, 0.1) is 26.9 Å². The molecular weight excluding hydrogens is 410 g/mol. The smallest absolute Gasteiger partial charge is 0.335 e. The van der Waals surface area contributed by atoms with Gasteiger partial charge in [0.2, 0.25) is 0 Å². The predicted octanol–water partition coefficient (Wildman–Crippen LogP) is 2.81. The molecule has 2 aromatic rings. The minimum Gasteiger partial charge on any atom is -0.493 e. The third-order valence-electron chi connectivity index (χ3n) is 6.01. The molecule has 1 fully saturated rings. The highest BCUT2D eigenvalue weighted by atomic mass is 16.5. The highest BCUT2D eigenvalue weighted by molar-refractivity contribution is 6.44. The summed E-state index contributed by atoms with van der Waals surface area (Å²) in [6.07, 6.45) is 0.705. The highest BCUT2D eigenvalue weighted by Crippen LogP contribution is 2.41. The number of urea groups is 1. The van der Waals surface area contributed by atoms with E-state index in [4.69, 9.17) is 9.47 Å². The standard InChI is InChI=1S/C24H27N3O5/c1-15(2)27-23(29)22(28)26(24(27)30)14-25-11-10-17-12-19(31-3)20(32-4)13-18(17)21(25)16-8-6-5-7-9-16/h5-9,12-13,15,21H,10-11,14H2,1-4H3/t21-/m0/s1. The van der Waals surface area contributed by atoms with Crippen LogP contribution in [0.1, 0.15) is 36.6 Å². The van der Waals surface area contributed by atoms with Crippen molar-refractivity contribution >= 4 is 17.8 Å². The fourth-order valence-corrected chi connectivity index (χ4v) is 4.46. The largest absolute Gasteiger partial charge is 0.493 e. The lowest BCUT2D eigenvalue weighted by atomic mass is 9.88. The number of nitrogens with zero attached hydrogens (tertiary/aromatic N) is 3. The maximum absolute atomic E-state index is 12.9. The summed E-state index contributed by atoms with van der Waals surface area (Å²) in [6.45, 7) is 4.07. The first-order valence-corrected chi connectivity index (χ1v) is 10.6. The van der Waals surface area contributed by atoms with Crippen LogP contribution in [0.4, 0.5) is 4.79 Å². The summed E-state index contributed by atoms with van der Waals surface area (Å²) in [5, 5.41) is 0. The molecular formula is C24H27N3O5. The molecule has 4 amide bonds. The quantitative estimate of drug-likeness (QED) is 0.511. The first kappa shape index (κ1) is 21.8. The summed E-state index contributed by atoms with van der Waals surface area (Å²) in [6, 6.07) is 12.7. The summed E-state index contributed by atoms with van der Waals surface area (Å²) < 4.78 is 11.0. The number of rotatable bonds is 6. The van der Waals surface area contributed by atoms with E-state index in [-0.39, 0.29) is 18.8 Å². The van der Waals surface area contributed by atoms with Gasteiger partial charge in [-0.05, 0) is 49.1 Å². The first-order valence-electron chi connectivity index (χ1n) is 10.6. The van der Waals surface area contributed by atoms with Crippen LogP contribution in [0.25, 0.3) is 0 Å². The highest BCUT2D eigenvalue weighted by Gasteiger charge is 2.47. The lowest BCUT2D eigenvalue weighted by Crippen LogP contribution is -2.47. The zero-order chi connectivity index (χ0) is 23.0. The number of methoxy groups -OCH3 is 2. The maximum Gasteiger partial charge on any atom is 0.335 e. The number of imide groups is 2. The fraction of sp³-hybridized carbons (Fsp3) is 0.375. The van der Waals surface area contributed by atoms with Crippen molar-refractivity contribution in [3.8, 4) is 11.5 Å². The molecule has 8 heteroatoms. The number of hydrogen-bond donors (Lipinski definition) is 0. The number of benzene rings is 2. The van der Waals surface area contributed by atoms with Crippen LogP contribution in [0.5, 0.6) is 11.5 Å². The zero-order valence-corrected chi connectivity index (χ0v) is 18.7. The van der Waals surface area contributed by atoms with Gasteiger partial charge in [-0.1, -0.05) is 30.3 Å². The molecule has 2 aliphatic heterocycles. The Labute approximate surface area is 187 Å². The van der Waals surface area contributed by atoms with Crippen LogP contribution < -0.4 is 9.47 Å². The molecule has 1 atom stereocenters. The van der Waals surface area contributed by atoms with Gasteiger partial charge in [0.25, 0.3) is 0 Å². The first-order chi connectivity index (χ1) is 15.4. The second-order valence-electron chi connectivity index (χ2n) is 8.21. The minimum atomic E-state index is -0.784. The number of carbonyl (C=O) groups is 3. The van der Waals surface area contributed by atoms with Gasteiger partial charge in [0.15, 0.2) is 11.5 Å². The summed E-state index contributed by atoms with van der Waals surface area (Å²) >= 11 is 0. The molecule has 2 aromatic carbocycles. The van der Waals surface area contributed by atoms with E-state index in [9.17, 15) is 14.4 Å². The molecule has 0 unspecified atom stereocenters. The van der Waals surface area contributed by atoms with Crippen LogP contribution in [0.2, 0.25) is 0 Å². The molecule has 0 saturated carbocycles. The molecule has 0 bridgehead atoms. The molecule has 8 nitrogen and oxygen atoms in total. The van der Waals surface area contributed by atoms with E-state index in [0.29, 0.717) is 24.5 Å². The molecule has 0 aromatic heterocycles. The summed E-state index contributed by atoms with van der Waals surface area (Å²) in [5.74, 6) is -0.281. The van der Waals surface area contributed by atoms with Crippen molar-refractivity contribution in [3.63, 3.8) is 0 Å². The Kier molecular flexibility index (Phi) is 5.88. The lowest BCUT2D eigenvalue weighted by molar-refractivity contribution is -0.144. The number of ether oxygens (including phenoxy) is 2. The molecule has 168 valence electrons. The van der Waals surface area contributed by atoms with Gasteiger partial charge in [-0.25, -0.2) is 9.69 Å². The number of hydrogen-bond acceptors (Lipinski definition) is 6. The number of carbonyl (C=O) groups excluding carboxylic acids is 3. The average Bonchev–Trinajstić information content (AvgIpc) is 3.01. The summed E-state index contributed by atoms with van der Waals surface area (Å²) in [4.78, 5) is 42.0. The van der Waals surface area contributed by atoms with Crippen LogP contribution in [-0.2, 0) is 16.0 Å². The monoisotopic (exact) mass is 437 g/mol. The third kappa shape index (κ3) is 3.60. The molecule has 0 aliphatic carbocycles. The molecule has 2 heterocycles. The van der Waals surface area contributed by atoms with Crippen molar-refractivity contribution in [1.29, 1.82) is 0 Å². The second kappa shape index (κ2) is 8.63. The van der Waals surface area contributed by atoms with Crippen molar-refractivity contribution in [2.75, 3.05) is 27.4 Å². The lowest BCUT2D eigenvalue weighted by Gasteiger charge is -2.39. The maximum atomic E-state index is 12.9. The second-order valence-corrected chi connectivity index (χ2v) is 8.21. The van der Waals surface area contributed by atoms with Gasteiger partial charge in [-0.3, -0.25) is 19.4 Å². The van der Waals surface area contributed by atoms with E-state index in [2.05, 4.69) is 4.90 Å². The minimum absolute atomic E-state index is 0.0278. The van der Waals surface area contributed by atoms with Crippen molar-refractivity contribution in [2.45, 2.75) is 32.4 Å². The van der Waals surface area contributed by atoms with Gasteiger partial charge in [0, 0.05) is 12.6 Å². The molecule has 0 spiro atoms. The summed E-state index contributed by atoms with van der Waals surface area (Å²) in [7, 11) is 3.20. The topological polar surface area (TPSA) is 79.4 Å². The molecule has 4 rings (SSSR count). The van der Waals surface area contributed by atoms with Crippen LogP contribution in [-0.4, -0.2) is 66.0 Å². The Morgan fingerprint density at radius 3 is 2.22 bits per heavy atom. The molecule has 0 N–H and O–H groups in total. The van der Waals surface area contributed by atoms with E-state index in [0.717, 1.165) is 26.5 Å². The molecule has 32 heavy (non-hydrogen) atoms. The van der Waals surface area contributed by atoms with Crippen LogP contribution in [0, 0.1) is 0 Å². The Morgan fingerprint density at radius 1 is 0.969 bits per heavy atom. The van der Waals surface area contributed by atoms with E-state index in [1.807, 2.05) is 42.5 Å². The van der Waals surface area contributed by atoms with Crippen molar-refractivity contribution in [3.05, 3.63) is 59.2 Å². The Balaban J connectivity index is 1.74. The Bertz CT molecular complexity index is 1050. The van der Waals surface area contributed by atoms with Crippen LogP contribution >= 0.6 is 0 Å². The van der Waals surface area contributed by atoms with E-state index >= 15 is 0 Å². The van der Waals surface area contributed by atoms with E-state index < -0.39 is 17.8 Å². The molecule has 2 aliphatic rings. The van der Waals surface area contributed by atoms with Crippen LogP contribution in [0.15, 0.2) is 42.5 Å².